The zero-order valence-electron chi connectivity index (χ0n) is 10.1. The van der Waals surface area contributed by atoms with Crippen molar-refractivity contribution in [3.05, 3.63) is 35.4 Å². The van der Waals surface area contributed by atoms with Crippen LogP contribution in [-0.2, 0) is 16.1 Å². The Bertz CT molecular complexity index is 455. The third kappa shape index (κ3) is 2.61. The summed E-state index contributed by atoms with van der Waals surface area (Å²) in [7, 11) is 0. The number of amides is 1. The van der Waals surface area contributed by atoms with Gasteiger partial charge in [0.15, 0.2) is 0 Å². The lowest BCUT2D eigenvalue weighted by atomic mass is 10.1. The zero-order chi connectivity index (χ0) is 13.1. The summed E-state index contributed by atoms with van der Waals surface area (Å²) in [6.07, 6.45) is -0.235. The summed E-state index contributed by atoms with van der Waals surface area (Å²) in [5, 5.41) is 9.10. The Balaban J connectivity index is 2.15. The van der Waals surface area contributed by atoms with Crippen LogP contribution in [0.15, 0.2) is 24.3 Å². The van der Waals surface area contributed by atoms with Gasteiger partial charge in [0, 0.05) is 13.0 Å². The predicted octanol–water partition coefficient (Wildman–Crippen LogP) is 1.79. The molecule has 1 N–H and O–H groups in total. The van der Waals surface area contributed by atoms with Crippen molar-refractivity contribution < 1.29 is 19.4 Å². The Morgan fingerprint density at radius 3 is 2.72 bits per heavy atom. The molecule has 1 heterocycles. The maximum atomic E-state index is 11.6. The Kier molecular flexibility index (Phi) is 3.50. The van der Waals surface area contributed by atoms with Crippen LogP contribution in [-0.4, -0.2) is 34.7 Å². The van der Waals surface area contributed by atoms with E-state index in [0.717, 1.165) is 11.1 Å². The van der Waals surface area contributed by atoms with Gasteiger partial charge in [-0.2, -0.15) is 0 Å². The summed E-state index contributed by atoms with van der Waals surface area (Å²) < 4.78 is 4.89. The molecule has 1 saturated heterocycles. The highest BCUT2D eigenvalue weighted by Crippen LogP contribution is 2.17. The number of rotatable bonds is 3. The van der Waals surface area contributed by atoms with Crippen LogP contribution in [0.1, 0.15) is 17.5 Å². The quantitative estimate of drug-likeness (QED) is 0.886. The lowest BCUT2D eigenvalue weighted by molar-refractivity contribution is -0.145. The highest BCUT2D eigenvalue weighted by Gasteiger charge is 2.34. The molecule has 0 saturated carbocycles. The van der Waals surface area contributed by atoms with Gasteiger partial charge in [0.05, 0.1) is 6.61 Å². The summed E-state index contributed by atoms with van der Waals surface area (Å²) in [5.74, 6) is -0.987. The van der Waals surface area contributed by atoms with E-state index in [-0.39, 0.29) is 13.2 Å². The molecule has 0 bridgehead atoms. The smallest absolute Gasteiger partial charge is 0.410 e. The number of carboxylic acids is 1. The summed E-state index contributed by atoms with van der Waals surface area (Å²) in [6.45, 7) is 2.40. The van der Waals surface area contributed by atoms with Crippen molar-refractivity contribution in [3.63, 3.8) is 0 Å². The molecule has 0 aliphatic carbocycles. The molecular formula is C13H15NO4. The van der Waals surface area contributed by atoms with Gasteiger partial charge in [0.2, 0.25) is 0 Å². The van der Waals surface area contributed by atoms with Crippen molar-refractivity contribution >= 4 is 12.1 Å². The molecule has 1 fully saturated rings. The van der Waals surface area contributed by atoms with E-state index < -0.39 is 18.1 Å². The first-order valence-corrected chi connectivity index (χ1v) is 5.79. The fraction of sp³-hybridized carbons (Fsp3) is 0.385. The fourth-order valence-corrected chi connectivity index (χ4v) is 1.95. The number of cyclic esters (lactones) is 1. The molecule has 0 spiro atoms. The molecule has 1 atom stereocenters. The van der Waals surface area contributed by atoms with Gasteiger partial charge < -0.3 is 9.84 Å². The molecule has 2 rings (SSSR count). The third-order valence-electron chi connectivity index (χ3n) is 2.99. The summed E-state index contributed by atoms with van der Waals surface area (Å²) >= 11 is 0. The van der Waals surface area contributed by atoms with E-state index in [1.807, 2.05) is 31.2 Å². The number of carbonyl (C=O) groups excluding carboxylic acids is 1. The molecule has 96 valence electrons. The Morgan fingerprint density at radius 2 is 2.11 bits per heavy atom. The number of nitrogens with zero attached hydrogens (tertiary/aromatic N) is 1. The van der Waals surface area contributed by atoms with E-state index in [4.69, 9.17) is 9.84 Å². The van der Waals surface area contributed by atoms with Crippen molar-refractivity contribution in [2.45, 2.75) is 25.9 Å². The SMILES string of the molecule is Cc1ccc(CN2C(=O)OCCC2C(=O)O)cc1. The molecule has 5 nitrogen and oxygen atoms in total. The van der Waals surface area contributed by atoms with Crippen LogP contribution >= 0.6 is 0 Å². The van der Waals surface area contributed by atoms with E-state index in [1.54, 1.807) is 0 Å². The maximum absolute atomic E-state index is 11.6. The normalized spacial score (nSPS) is 19.5. The predicted molar refractivity (Wildman–Crippen MR) is 64.1 cm³/mol. The lowest BCUT2D eigenvalue weighted by Gasteiger charge is -2.32. The van der Waals surface area contributed by atoms with Gasteiger partial charge in [-0.3, -0.25) is 4.90 Å². The minimum absolute atomic E-state index is 0.167. The summed E-state index contributed by atoms with van der Waals surface area (Å²) in [5.41, 5.74) is 2.01. The number of hydrogen-bond acceptors (Lipinski definition) is 3. The minimum atomic E-state index is -0.987. The zero-order valence-corrected chi connectivity index (χ0v) is 10.1. The van der Waals surface area contributed by atoms with Crippen molar-refractivity contribution in [3.8, 4) is 0 Å². The Hall–Kier alpha value is -2.04. The van der Waals surface area contributed by atoms with Crippen LogP contribution in [0, 0.1) is 6.92 Å². The first kappa shape index (κ1) is 12.4. The standard InChI is InChI=1S/C13H15NO4/c1-9-2-4-10(5-3-9)8-14-11(12(15)16)6-7-18-13(14)17/h2-5,11H,6-8H2,1H3,(H,15,16). The summed E-state index contributed by atoms with van der Waals surface area (Å²) in [4.78, 5) is 24.0. The number of carbonyl (C=O) groups is 2. The molecule has 0 radical (unpaired) electrons. The molecule has 1 aliphatic heterocycles. The second kappa shape index (κ2) is 5.08. The lowest BCUT2D eigenvalue weighted by Crippen LogP contribution is -2.49. The van der Waals surface area contributed by atoms with Crippen LogP contribution in [0.4, 0.5) is 4.79 Å². The van der Waals surface area contributed by atoms with Gasteiger partial charge in [-0.25, -0.2) is 9.59 Å². The molecule has 18 heavy (non-hydrogen) atoms. The van der Waals surface area contributed by atoms with E-state index in [0.29, 0.717) is 6.42 Å². The molecule has 0 aromatic heterocycles. The molecule has 1 unspecified atom stereocenters. The van der Waals surface area contributed by atoms with Gasteiger partial charge >= 0.3 is 12.1 Å². The molecule has 1 aromatic rings. The first-order chi connectivity index (χ1) is 8.58. The van der Waals surface area contributed by atoms with Crippen LogP contribution in [0.5, 0.6) is 0 Å². The van der Waals surface area contributed by atoms with Gasteiger partial charge in [-0.05, 0) is 12.5 Å². The third-order valence-corrected chi connectivity index (χ3v) is 2.99. The van der Waals surface area contributed by atoms with Crippen LogP contribution in [0.3, 0.4) is 0 Å². The van der Waals surface area contributed by atoms with Crippen LogP contribution < -0.4 is 0 Å². The van der Waals surface area contributed by atoms with Crippen molar-refractivity contribution in [1.29, 1.82) is 0 Å². The second-order valence-corrected chi connectivity index (χ2v) is 4.37. The largest absolute Gasteiger partial charge is 0.480 e. The number of hydrogen-bond donors (Lipinski definition) is 1. The fourth-order valence-electron chi connectivity index (χ4n) is 1.95. The van der Waals surface area contributed by atoms with E-state index >= 15 is 0 Å². The molecule has 1 amide bonds. The molecule has 5 heteroatoms. The van der Waals surface area contributed by atoms with Crippen LogP contribution in [0.2, 0.25) is 0 Å². The maximum Gasteiger partial charge on any atom is 0.410 e. The van der Waals surface area contributed by atoms with E-state index in [1.165, 1.54) is 4.90 Å². The van der Waals surface area contributed by atoms with E-state index in [9.17, 15) is 9.59 Å². The first-order valence-electron chi connectivity index (χ1n) is 5.79. The van der Waals surface area contributed by atoms with Gasteiger partial charge in [0.25, 0.3) is 0 Å². The monoisotopic (exact) mass is 249 g/mol. The Morgan fingerprint density at radius 1 is 1.44 bits per heavy atom. The van der Waals surface area contributed by atoms with Crippen molar-refractivity contribution in [1.82, 2.24) is 4.90 Å². The van der Waals surface area contributed by atoms with Crippen molar-refractivity contribution in [2.24, 2.45) is 0 Å². The minimum Gasteiger partial charge on any atom is -0.480 e. The van der Waals surface area contributed by atoms with E-state index in [2.05, 4.69) is 0 Å². The molecule has 1 aliphatic rings. The van der Waals surface area contributed by atoms with Gasteiger partial charge in [0.1, 0.15) is 6.04 Å². The molecular weight excluding hydrogens is 234 g/mol. The average Bonchev–Trinajstić information content (AvgIpc) is 2.34. The number of aliphatic carboxylic acids is 1. The highest BCUT2D eigenvalue weighted by atomic mass is 16.6. The number of benzene rings is 1. The summed E-state index contributed by atoms with van der Waals surface area (Å²) in [6, 6.07) is 6.83. The number of aryl methyl sites for hydroxylation is 1. The average molecular weight is 249 g/mol. The van der Waals surface area contributed by atoms with Crippen LogP contribution in [0.25, 0.3) is 0 Å². The highest BCUT2D eigenvalue weighted by molar-refractivity contribution is 5.81. The van der Waals surface area contributed by atoms with Gasteiger partial charge in [-0.1, -0.05) is 29.8 Å². The molecule has 1 aromatic carbocycles. The van der Waals surface area contributed by atoms with Gasteiger partial charge in [-0.15, -0.1) is 0 Å². The number of carboxylic acid groups (broad SMARTS) is 1. The number of ether oxygens (including phenoxy) is 1. The topological polar surface area (TPSA) is 66.8 Å². The Labute approximate surface area is 105 Å². The second-order valence-electron chi connectivity index (χ2n) is 4.37. The van der Waals surface area contributed by atoms with Crippen molar-refractivity contribution in [2.75, 3.05) is 6.61 Å².